The third kappa shape index (κ3) is 7.18. The number of aliphatic carboxylic acids is 1. The minimum atomic E-state index is -0.992. The van der Waals surface area contributed by atoms with Gasteiger partial charge in [-0.3, -0.25) is 4.79 Å². The first-order valence-electron chi connectivity index (χ1n) is 9.44. The number of amides is 1. The van der Waals surface area contributed by atoms with Crippen molar-refractivity contribution in [2.75, 3.05) is 5.32 Å². The molecule has 0 unspecified atom stereocenters. The molecule has 0 aromatic heterocycles. The first kappa shape index (κ1) is 23.4. The minimum Gasteiger partial charge on any atom is -0.478 e. The summed E-state index contributed by atoms with van der Waals surface area (Å²) in [6.07, 6.45) is 6.14. The summed E-state index contributed by atoms with van der Waals surface area (Å²) in [5.41, 5.74) is 4.09. The highest BCUT2D eigenvalue weighted by Crippen LogP contribution is 2.34. The van der Waals surface area contributed by atoms with E-state index in [1.807, 2.05) is 0 Å². The van der Waals surface area contributed by atoms with Crippen molar-refractivity contribution in [3.05, 3.63) is 64.8 Å². The maximum Gasteiger partial charge on any atom is 0.328 e. The lowest BCUT2D eigenvalue weighted by Crippen LogP contribution is -2.21. The van der Waals surface area contributed by atoms with Crippen molar-refractivity contribution >= 4 is 17.6 Å². The summed E-state index contributed by atoms with van der Waals surface area (Å²) in [4.78, 5) is 23.3. The molecule has 0 bridgehead atoms. The molecule has 0 radical (unpaired) electrons. The predicted molar refractivity (Wildman–Crippen MR) is 117 cm³/mol. The molecule has 0 saturated heterocycles. The molecule has 4 heteroatoms. The molecule has 152 valence electrons. The molecule has 0 heterocycles. The third-order valence-electron chi connectivity index (χ3n) is 4.36. The predicted octanol–water partition coefficient (Wildman–Crippen LogP) is 5.75. The number of carboxylic acids is 1. The van der Waals surface area contributed by atoms with Gasteiger partial charge in [0.2, 0.25) is 0 Å². The molecule has 0 atom stereocenters. The maximum atomic E-state index is 12.7. The van der Waals surface area contributed by atoms with Crippen molar-refractivity contribution in [3.8, 4) is 0 Å². The van der Waals surface area contributed by atoms with Crippen LogP contribution in [-0.2, 0) is 20.4 Å². The lowest BCUT2D eigenvalue weighted by molar-refractivity contribution is -0.131. The minimum absolute atomic E-state index is 0.0164. The highest BCUT2D eigenvalue weighted by atomic mass is 16.4. The van der Waals surface area contributed by atoms with Crippen molar-refractivity contribution in [2.24, 2.45) is 0 Å². The van der Waals surface area contributed by atoms with Crippen LogP contribution in [0.5, 0.6) is 0 Å². The molecular weight excluding hydrogens is 350 g/mol. The van der Waals surface area contributed by atoms with Crippen LogP contribution < -0.4 is 5.32 Å². The number of carbonyl (C=O) groups is 2. The Kier molecular flexibility index (Phi) is 7.57. The summed E-state index contributed by atoms with van der Waals surface area (Å²) in [6, 6.07) is 6.27. The summed E-state index contributed by atoms with van der Waals surface area (Å²) < 4.78 is 0. The van der Waals surface area contributed by atoms with Crippen LogP contribution in [0.4, 0.5) is 5.69 Å². The van der Waals surface area contributed by atoms with Crippen LogP contribution >= 0.6 is 0 Å². The molecule has 28 heavy (non-hydrogen) atoms. The van der Waals surface area contributed by atoms with Gasteiger partial charge in [-0.05, 0) is 47.4 Å². The van der Waals surface area contributed by atoms with E-state index in [9.17, 15) is 9.59 Å². The fourth-order valence-electron chi connectivity index (χ4n) is 2.65. The van der Waals surface area contributed by atoms with Gasteiger partial charge in [0.1, 0.15) is 0 Å². The Labute approximate surface area is 169 Å². The first-order chi connectivity index (χ1) is 12.7. The van der Waals surface area contributed by atoms with Gasteiger partial charge in [0.05, 0.1) is 0 Å². The Bertz CT molecular complexity index is 828. The lowest BCUT2D eigenvalue weighted by Gasteiger charge is -2.27. The van der Waals surface area contributed by atoms with E-state index in [-0.39, 0.29) is 16.7 Å². The number of hydrogen-bond acceptors (Lipinski definition) is 2. The second-order valence-corrected chi connectivity index (χ2v) is 9.15. The zero-order chi connectivity index (χ0) is 21.7. The van der Waals surface area contributed by atoms with Crippen molar-refractivity contribution in [3.63, 3.8) is 0 Å². The van der Waals surface area contributed by atoms with E-state index in [1.54, 1.807) is 32.1 Å². The molecule has 0 saturated carbocycles. The molecule has 4 nitrogen and oxygen atoms in total. The van der Waals surface area contributed by atoms with Gasteiger partial charge < -0.3 is 10.4 Å². The van der Waals surface area contributed by atoms with E-state index >= 15 is 0 Å². The van der Waals surface area contributed by atoms with Crippen LogP contribution in [0.3, 0.4) is 0 Å². The second kappa shape index (κ2) is 9.05. The largest absolute Gasteiger partial charge is 0.478 e. The highest BCUT2D eigenvalue weighted by Gasteiger charge is 2.22. The van der Waals surface area contributed by atoms with E-state index in [0.29, 0.717) is 11.1 Å². The summed E-state index contributed by atoms with van der Waals surface area (Å²) in [7, 11) is 0. The normalized spacial score (nSPS) is 13.7. The van der Waals surface area contributed by atoms with E-state index < -0.39 is 5.97 Å². The maximum absolute atomic E-state index is 12.7. The average Bonchev–Trinajstić information content (AvgIpc) is 2.51. The first-order valence-corrected chi connectivity index (χ1v) is 9.44. The Hall–Kier alpha value is -2.62. The fourth-order valence-corrected chi connectivity index (χ4v) is 2.65. The van der Waals surface area contributed by atoms with Crippen LogP contribution in [0.25, 0.3) is 0 Å². The van der Waals surface area contributed by atoms with Gasteiger partial charge in [-0.15, -0.1) is 0 Å². The van der Waals surface area contributed by atoms with Crippen LogP contribution in [0.2, 0.25) is 0 Å². The third-order valence-corrected chi connectivity index (χ3v) is 4.36. The van der Waals surface area contributed by atoms with Gasteiger partial charge in [-0.2, -0.15) is 0 Å². The molecule has 2 N–H and O–H groups in total. The molecule has 0 aliphatic rings. The van der Waals surface area contributed by atoms with Crippen LogP contribution in [0, 0.1) is 0 Å². The van der Waals surface area contributed by atoms with E-state index in [4.69, 9.17) is 5.11 Å². The second-order valence-electron chi connectivity index (χ2n) is 9.15. The van der Waals surface area contributed by atoms with Gasteiger partial charge in [-0.1, -0.05) is 71.9 Å². The Morgan fingerprint density at radius 1 is 1.00 bits per heavy atom. The average molecular weight is 384 g/mol. The molecule has 1 rings (SSSR count). The molecule has 0 spiro atoms. The number of allylic oxidation sites excluding steroid dienone is 4. The molecule has 1 aromatic carbocycles. The number of carbonyl (C=O) groups excluding carboxylic acids is 1. The van der Waals surface area contributed by atoms with Gasteiger partial charge >= 0.3 is 5.97 Å². The van der Waals surface area contributed by atoms with Gasteiger partial charge in [0, 0.05) is 17.3 Å². The molecular formula is C24H33NO3. The van der Waals surface area contributed by atoms with Gasteiger partial charge in [-0.25, -0.2) is 4.79 Å². The number of carboxylic acid groups (broad SMARTS) is 1. The van der Waals surface area contributed by atoms with Crippen LogP contribution in [0.15, 0.2) is 53.6 Å². The standard InChI is InChI=1S/C24H33NO3/c1-16(14-21(26)27)10-9-11-17(2)22(28)25-20-15-18(23(3,4)5)12-13-19(20)24(6,7)8/h9-15H,1-8H3,(H,25,28)(H,26,27)/b10-9+,16-14+,17-11+. The van der Waals surface area contributed by atoms with Crippen molar-refractivity contribution in [1.82, 2.24) is 0 Å². The topological polar surface area (TPSA) is 66.4 Å². The smallest absolute Gasteiger partial charge is 0.328 e. The molecule has 0 aliphatic carbocycles. The summed E-state index contributed by atoms with van der Waals surface area (Å²) in [6.45, 7) is 16.2. The number of benzene rings is 1. The molecule has 1 aromatic rings. The zero-order valence-corrected chi connectivity index (χ0v) is 18.3. The van der Waals surface area contributed by atoms with Crippen molar-refractivity contribution < 1.29 is 14.7 Å². The number of anilines is 1. The summed E-state index contributed by atoms with van der Waals surface area (Å²) >= 11 is 0. The highest BCUT2D eigenvalue weighted by molar-refractivity contribution is 6.04. The Morgan fingerprint density at radius 2 is 1.61 bits per heavy atom. The van der Waals surface area contributed by atoms with E-state index in [0.717, 1.165) is 22.9 Å². The molecule has 0 aliphatic heterocycles. The quantitative estimate of drug-likeness (QED) is 0.502. The van der Waals surface area contributed by atoms with Gasteiger partial charge in [0.25, 0.3) is 5.91 Å². The Balaban J connectivity index is 3.14. The van der Waals surface area contributed by atoms with Crippen LogP contribution in [-0.4, -0.2) is 17.0 Å². The number of hydrogen-bond donors (Lipinski definition) is 2. The van der Waals surface area contributed by atoms with E-state index in [2.05, 4.69) is 65.1 Å². The van der Waals surface area contributed by atoms with Crippen molar-refractivity contribution in [2.45, 2.75) is 66.2 Å². The van der Waals surface area contributed by atoms with Crippen LogP contribution in [0.1, 0.15) is 66.5 Å². The summed E-state index contributed by atoms with van der Waals surface area (Å²) in [5.74, 6) is -1.17. The van der Waals surface area contributed by atoms with E-state index in [1.165, 1.54) is 0 Å². The SMILES string of the molecule is CC(/C=C/C=C(\C)C(=O)Nc1cc(C(C)(C)C)ccc1C(C)(C)C)=C\C(=O)O. The monoisotopic (exact) mass is 383 g/mol. The Morgan fingerprint density at radius 3 is 2.11 bits per heavy atom. The lowest BCUT2D eigenvalue weighted by atomic mass is 9.81. The molecule has 0 fully saturated rings. The van der Waals surface area contributed by atoms with Gasteiger partial charge in [0.15, 0.2) is 0 Å². The van der Waals surface area contributed by atoms with Crippen molar-refractivity contribution in [1.29, 1.82) is 0 Å². The number of rotatable bonds is 5. The number of nitrogens with one attached hydrogen (secondary N) is 1. The fraction of sp³-hybridized carbons (Fsp3) is 0.417. The zero-order valence-electron chi connectivity index (χ0n) is 18.3. The summed E-state index contributed by atoms with van der Waals surface area (Å²) in [5, 5.41) is 11.8. The molecule has 1 amide bonds.